The van der Waals surface area contributed by atoms with Crippen LogP contribution in [-0.4, -0.2) is 18.5 Å². The second kappa shape index (κ2) is 9.55. The summed E-state index contributed by atoms with van der Waals surface area (Å²) in [7, 11) is 0. The summed E-state index contributed by atoms with van der Waals surface area (Å²) in [6.07, 6.45) is 0. The van der Waals surface area contributed by atoms with Gasteiger partial charge in [0.1, 0.15) is 0 Å². The van der Waals surface area contributed by atoms with Crippen LogP contribution in [0.15, 0.2) is 78.9 Å². The number of amides is 3. The number of rotatable bonds is 6. The van der Waals surface area contributed by atoms with E-state index < -0.39 is 6.03 Å². The first-order valence-corrected chi connectivity index (χ1v) is 9.54. The second-order valence-corrected chi connectivity index (χ2v) is 6.93. The average molecular weight is 387 g/mol. The molecule has 3 rings (SSSR count). The molecule has 1 atom stereocenters. The van der Waals surface area contributed by atoms with E-state index in [2.05, 4.69) is 41.9 Å². The molecule has 0 saturated heterocycles. The summed E-state index contributed by atoms with van der Waals surface area (Å²) in [5, 5.41) is 8.33. The van der Waals surface area contributed by atoms with Crippen molar-refractivity contribution in [2.75, 3.05) is 11.9 Å². The molecule has 0 spiro atoms. The molecule has 29 heavy (non-hydrogen) atoms. The van der Waals surface area contributed by atoms with Gasteiger partial charge in [0.2, 0.25) is 5.91 Å². The third-order valence-electron chi connectivity index (χ3n) is 4.74. The van der Waals surface area contributed by atoms with Crippen LogP contribution in [0.3, 0.4) is 0 Å². The maximum Gasteiger partial charge on any atom is 0.319 e. The number of benzene rings is 3. The highest BCUT2D eigenvalue weighted by Gasteiger charge is 2.17. The fourth-order valence-electron chi connectivity index (χ4n) is 3.02. The fraction of sp³-hybridized carbons (Fsp3) is 0.167. The predicted molar refractivity (Wildman–Crippen MR) is 116 cm³/mol. The molecule has 0 radical (unpaired) electrons. The molecule has 3 N–H and O–H groups in total. The number of aryl methyl sites for hydroxylation is 2. The average Bonchev–Trinajstić information content (AvgIpc) is 2.74. The molecule has 3 aromatic rings. The summed E-state index contributed by atoms with van der Waals surface area (Å²) in [6.45, 7) is 4.00. The lowest BCUT2D eigenvalue weighted by atomic mass is 9.95. The minimum absolute atomic E-state index is 0.118. The van der Waals surface area contributed by atoms with Crippen molar-refractivity contribution in [3.8, 4) is 0 Å². The zero-order chi connectivity index (χ0) is 20.6. The topological polar surface area (TPSA) is 70.2 Å². The normalized spacial score (nSPS) is 11.4. The molecule has 0 aromatic heterocycles. The van der Waals surface area contributed by atoms with Gasteiger partial charge < -0.3 is 16.0 Å². The molecule has 3 amide bonds. The Bertz CT molecular complexity index is 972. The van der Waals surface area contributed by atoms with Gasteiger partial charge in [-0.1, -0.05) is 66.7 Å². The third kappa shape index (κ3) is 5.69. The smallest absolute Gasteiger partial charge is 0.319 e. The summed E-state index contributed by atoms with van der Waals surface area (Å²) < 4.78 is 0. The molecule has 0 aliphatic carbocycles. The van der Waals surface area contributed by atoms with Gasteiger partial charge in [-0.25, -0.2) is 4.79 Å². The zero-order valence-electron chi connectivity index (χ0n) is 16.6. The SMILES string of the molecule is Cc1ccc([C@H](NC(=O)CNC(=O)Nc2ccccc2)c2ccccc2)cc1C. The molecule has 0 heterocycles. The summed E-state index contributed by atoms with van der Waals surface area (Å²) in [6, 6.07) is 24.3. The Morgan fingerprint density at radius 3 is 2.10 bits per heavy atom. The molecule has 0 bridgehead atoms. The zero-order valence-corrected chi connectivity index (χ0v) is 16.6. The Morgan fingerprint density at radius 1 is 0.793 bits per heavy atom. The van der Waals surface area contributed by atoms with E-state index in [1.54, 1.807) is 12.1 Å². The van der Waals surface area contributed by atoms with Crippen LogP contribution in [0.4, 0.5) is 10.5 Å². The number of anilines is 1. The third-order valence-corrected chi connectivity index (χ3v) is 4.74. The van der Waals surface area contributed by atoms with Gasteiger partial charge in [-0.05, 0) is 48.2 Å². The molecule has 0 fully saturated rings. The van der Waals surface area contributed by atoms with Gasteiger partial charge in [0.15, 0.2) is 0 Å². The molecular formula is C24H25N3O2. The van der Waals surface area contributed by atoms with Crippen LogP contribution in [0.5, 0.6) is 0 Å². The van der Waals surface area contributed by atoms with Gasteiger partial charge in [0.25, 0.3) is 0 Å². The van der Waals surface area contributed by atoms with E-state index in [1.165, 1.54) is 5.56 Å². The fourth-order valence-corrected chi connectivity index (χ4v) is 3.02. The van der Waals surface area contributed by atoms with E-state index in [9.17, 15) is 9.59 Å². The summed E-state index contributed by atoms with van der Waals surface area (Å²) in [5.41, 5.74) is 5.02. The molecule has 0 aliphatic heterocycles. The largest absolute Gasteiger partial charge is 0.344 e. The lowest BCUT2D eigenvalue weighted by molar-refractivity contribution is -0.120. The van der Waals surface area contributed by atoms with Gasteiger partial charge in [-0.2, -0.15) is 0 Å². The van der Waals surface area contributed by atoms with Crippen molar-refractivity contribution in [2.45, 2.75) is 19.9 Å². The van der Waals surface area contributed by atoms with E-state index in [1.807, 2.05) is 54.6 Å². The highest BCUT2D eigenvalue weighted by atomic mass is 16.2. The highest BCUT2D eigenvalue weighted by Crippen LogP contribution is 2.24. The first-order valence-electron chi connectivity index (χ1n) is 9.54. The Hall–Kier alpha value is -3.60. The van der Waals surface area contributed by atoms with Crippen molar-refractivity contribution >= 4 is 17.6 Å². The molecule has 0 aliphatic rings. The number of para-hydroxylation sites is 1. The van der Waals surface area contributed by atoms with Crippen molar-refractivity contribution in [3.05, 3.63) is 101 Å². The summed E-state index contributed by atoms with van der Waals surface area (Å²) in [5.74, 6) is -0.264. The predicted octanol–water partition coefficient (Wildman–Crippen LogP) is 4.33. The maximum absolute atomic E-state index is 12.6. The van der Waals surface area contributed by atoms with Crippen LogP contribution < -0.4 is 16.0 Å². The molecule has 3 aromatic carbocycles. The van der Waals surface area contributed by atoms with Crippen molar-refractivity contribution in [1.29, 1.82) is 0 Å². The van der Waals surface area contributed by atoms with Crippen molar-refractivity contribution in [1.82, 2.24) is 10.6 Å². The van der Waals surface area contributed by atoms with Crippen LogP contribution in [-0.2, 0) is 4.79 Å². The molecule has 148 valence electrons. The Labute approximate surface area is 171 Å². The van der Waals surface area contributed by atoms with Gasteiger partial charge in [-0.3, -0.25) is 4.79 Å². The molecule has 5 nitrogen and oxygen atoms in total. The minimum Gasteiger partial charge on any atom is -0.344 e. The number of nitrogens with one attached hydrogen (secondary N) is 3. The van der Waals surface area contributed by atoms with E-state index in [0.29, 0.717) is 5.69 Å². The number of carbonyl (C=O) groups excluding carboxylic acids is 2. The van der Waals surface area contributed by atoms with Crippen LogP contribution in [0.25, 0.3) is 0 Å². The maximum atomic E-state index is 12.6. The van der Waals surface area contributed by atoms with Crippen LogP contribution in [0.1, 0.15) is 28.3 Å². The Morgan fingerprint density at radius 2 is 1.45 bits per heavy atom. The van der Waals surface area contributed by atoms with E-state index in [4.69, 9.17) is 0 Å². The molecule has 5 heteroatoms. The van der Waals surface area contributed by atoms with Crippen molar-refractivity contribution in [3.63, 3.8) is 0 Å². The van der Waals surface area contributed by atoms with Crippen LogP contribution in [0, 0.1) is 13.8 Å². The van der Waals surface area contributed by atoms with E-state index in [0.717, 1.165) is 16.7 Å². The number of hydrogen-bond acceptors (Lipinski definition) is 2. The second-order valence-electron chi connectivity index (χ2n) is 6.93. The van der Waals surface area contributed by atoms with Gasteiger partial charge in [0, 0.05) is 5.69 Å². The van der Waals surface area contributed by atoms with E-state index in [-0.39, 0.29) is 18.5 Å². The van der Waals surface area contributed by atoms with Gasteiger partial charge in [-0.15, -0.1) is 0 Å². The Kier molecular flexibility index (Phi) is 6.63. The molecular weight excluding hydrogens is 362 g/mol. The number of hydrogen-bond donors (Lipinski definition) is 3. The first-order chi connectivity index (χ1) is 14.0. The van der Waals surface area contributed by atoms with Gasteiger partial charge in [0.05, 0.1) is 12.6 Å². The summed E-state index contributed by atoms with van der Waals surface area (Å²) >= 11 is 0. The standard InChI is InChI=1S/C24H25N3O2/c1-17-13-14-20(15-18(17)2)23(19-9-5-3-6-10-19)27-22(28)16-25-24(29)26-21-11-7-4-8-12-21/h3-15,23H,16H2,1-2H3,(H,27,28)(H2,25,26,29)/t23-/m1/s1. The minimum atomic E-state index is -0.422. The summed E-state index contributed by atoms with van der Waals surface area (Å²) in [4.78, 5) is 24.6. The number of carbonyl (C=O) groups is 2. The van der Waals surface area contributed by atoms with Crippen molar-refractivity contribution < 1.29 is 9.59 Å². The first kappa shape index (κ1) is 20.1. The van der Waals surface area contributed by atoms with Gasteiger partial charge >= 0.3 is 6.03 Å². The van der Waals surface area contributed by atoms with Crippen molar-refractivity contribution in [2.24, 2.45) is 0 Å². The quantitative estimate of drug-likeness (QED) is 0.589. The number of urea groups is 1. The van der Waals surface area contributed by atoms with E-state index >= 15 is 0 Å². The lowest BCUT2D eigenvalue weighted by Crippen LogP contribution is -2.40. The Balaban J connectivity index is 1.66. The van der Waals surface area contributed by atoms with Crippen LogP contribution >= 0.6 is 0 Å². The molecule has 0 unspecified atom stereocenters. The monoisotopic (exact) mass is 387 g/mol. The highest BCUT2D eigenvalue weighted by molar-refractivity contribution is 5.92. The lowest BCUT2D eigenvalue weighted by Gasteiger charge is -2.21. The molecule has 0 saturated carbocycles. The van der Waals surface area contributed by atoms with Crippen LogP contribution in [0.2, 0.25) is 0 Å².